The molecule has 1 N–H and O–H groups in total. The smallest absolute Gasteiger partial charge is 0.287 e. The molecule has 2 heterocycles. The molecule has 146 valence electrons. The van der Waals surface area contributed by atoms with Gasteiger partial charge in [0, 0.05) is 28.5 Å². The number of anilines is 1. The van der Waals surface area contributed by atoms with Crippen molar-refractivity contribution in [1.29, 1.82) is 0 Å². The van der Waals surface area contributed by atoms with Gasteiger partial charge in [0.15, 0.2) is 5.65 Å². The molecule has 4 rings (SSSR count). The lowest BCUT2D eigenvalue weighted by molar-refractivity contribution is 0.102. The van der Waals surface area contributed by atoms with Crippen LogP contribution in [-0.2, 0) is 5.75 Å². The highest BCUT2D eigenvalue weighted by molar-refractivity contribution is 7.98. The summed E-state index contributed by atoms with van der Waals surface area (Å²) in [5.41, 5.74) is 2.04. The van der Waals surface area contributed by atoms with E-state index >= 15 is 0 Å². The molecule has 0 unspecified atom stereocenters. The third-order valence-corrected chi connectivity index (χ3v) is 5.52. The number of halogens is 1. The standard InChI is InChI=1S/C21H16ClN3O3S/c1-13-10-19-23-15(11-20(26)25(19)28-13)12-29-16-8-6-14(7-9-16)24-21(27)17-4-2-3-5-18(17)22/h2-11H,12H2,1H3,(H,24,27). The van der Waals surface area contributed by atoms with E-state index in [2.05, 4.69) is 10.3 Å². The fourth-order valence-electron chi connectivity index (χ4n) is 2.78. The highest BCUT2D eigenvalue weighted by atomic mass is 35.5. The Hall–Kier alpha value is -3.03. The first-order chi connectivity index (χ1) is 14.0. The molecule has 0 aliphatic rings. The van der Waals surface area contributed by atoms with Crippen LogP contribution in [0.25, 0.3) is 5.65 Å². The quantitative estimate of drug-likeness (QED) is 0.465. The third kappa shape index (κ3) is 4.36. The number of thioether (sulfide) groups is 1. The van der Waals surface area contributed by atoms with Crippen LogP contribution >= 0.6 is 23.4 Å². The predicted molar refractivity (Wildman–Crippen MR) is 114 cm³/mol. The minimum atomic E-state index is -0.260. The monoisotopic (exact) mass is 425 g/mol. The van der Waals surface area contributed by atoms with Crippen molar-refractivity contribution < 1.29 is 9.32 Å². The summed E-state index contributed by atoms with van der Waals surface area (Å²) in [7, 11) is 0. The summed E-state index contributed by atoms with van der Waals surface area (Å²) in [5.74, 6) is 0.916. The summed E-state index contributed by atoms with van der Waals surface area (Å²) in [6, 6.07) is 17.5. The average molecular weight is 426 g/mol. The summed E-state index contributed by atoms with van der Waals surface area (Å²) in [4.78, 5) is 29.8. The molecular weight excluding hydrogens is 410 g/mol. The number of nitrogens with one attached hydrogen (secondary N) is 1. The molecule has 4 aromatic rings. The van der Waals surface area contributed by atoms with Crippen LogP contribution in [-0.4, -0.2) is 15.5 Å². The summed E-state index contributed by atoms with van der Waals surface area (Å²) in [6.07, 6.45) is 0. The zero-order valence-corrected chi connectivity index (χ0v) is 17.0. The third-order valence-electron chi connectivity index (χ3n) is 4.14. The maximum Gasteiger partial charge on any atom is 0.287 e. The number of rotatable bonds is 5. The van der Waals surface area contributed by atoms with Gasteiger partial charge in [-0.05, 0) is 43.3 Å². The Morgan fingerprint density at radius 2 is 1.93 bits per heavy atom. The number of aryl methyl sites for hydroxylation is 1. The van der Waals surface area contributed by atoms with Gasteiger partial charge in [0.05, 0.1) is 16.3 Å². The van der Waals surface area contributed by atoms with Crippen molar-refractivity contribution >= 4 is 40.6 Å². The Morgan fingerprint density at radius 3 is 2.69 bits per heavy atom. The lowest BCUT2D eigenvalue weighted by Gasteiger charge is -2.08. The van der Waals surface area contributed by atoms with Gasteiger partial charge in [-0.3, -0.25) is 9.59 Å². The number of carbonyl (C=O) groups excluding carboxylic acids is 1. The number of carbonyl (C=O) groups is 1. The van der Waals surface area contributed by atoms with E-state index in [1.165, 1.54) is 10.6 Å². The predicted octanol–water partition coefficient (Wildman–Crippen LogP) is 4.79. The van der Waals surface area contributed by atoms with Crippen LogP contribution in [0.2, 0.25) is 5.02 Å². The molecule has 0 bridgehead atoms. The van der Waals surface area contributed by atoms with Crippen LogP contribution in [0.3, 0.4) is 0 Å². The Balaban J connectivity index is 1.41. The van der Waals surface area contributed by atoms with Crippen LogP contribution in [0.5, 0.6) is 0 Å². The number of hydrogen-bond acceptors (Lipinski definition) is 5. The minimum absolute atomic E-state index is 0.240. The molecular formula is C21H16ClN3O3S. The van der Waals surface area contributed by atoms with E-state index in [1.54, 1.807) is 49.0 Å². The van der Waals surface area contributed by atoms with E-state index < -0.39 is 0 Å². The van der Waals surface area contributed by atoms with E-state index in [9.17, 15) is 9.59 Å². The van der Waals surface area contributed by atoms with Crippen molar-refractivity contribution in [2.75, 3.05) is 5.32 Å². The van der Waals surface area contributed by atoms with E-state index in [1.807, 2.05) is 24.3 Å². The first kappa shape index (κ1) is 19.3. The molecule has 29 heavy (non-hydrogen) atoms. The maximum atomic E-state index is 12.3. The van der Waals surface area contributed by atoms with Crippen molar-refractivity contribution in [3.8, 4) is 0 Å². The van der Waals surface area contributed by atoms with Crippen molar-refractivity contribution in [2.24, 2.45) is 0 Å². The molecule has 0 aliphatic heterocycles. The van der Waals surface area contributed by atoms with E-state index in [0.29, 0.717) is 39.1 Å². The summed E-state index contributed by atoms with van der Waals surface area (Å²) < 4.78 is 6.47. The van der Waals surface area contributed by atoms with Crippen LogP contribution < -0.4 is 10.9 Å². The fraction of sp³-hybridized carbons (Fsp3) is 0.0952. The molecule has 0 radical (unpaired) electrons. The SMILES string of the molecule is Cc1cc2nc(CSc3ccc(NC(=O)c4ccccc4Cl)cc3)cc(=O)n2o1. The molecule has 6 nitrogen and oxygen atoms in total. The highest BCUT2D eigenvalue weighted by Gasteiger charge is 2.10. The molecule has 2 aromatic heterocycles. The lowest BCUT2D eigenvalue weighted by atomic mass is 10.2. The molecule has 2 aromatic carbocycles. The second kappa shape index (κ2) is 8.14. The first-order valence-electron chi connectivity index (χ1n) is 8.78. The minimum Gasteiger partial charge on any atom is -0.375 e. The second-order valence-corrected chi connectivity index (χ2v) is 7.79. The van der Waals surface area contributed by atoms with Crippen LogP contribution in [0.1, 0.15) is 21.8 Å². The molecule has 0 atom stereocenters. The van der Waals surface area contributed by atoms with Crippen molar-refractivity contribution in [1.82, 2.24) is 9.56 Å². The molecule has 1 amide bonds. The van der Waals surface area contributed by atoms with Gasteiger partial charge in [-0.25, -0.2) is 4.98 Å². The normalized spacial score (nSPS) is 11.0. The number of fused-ring (bicyclic) bond motifs is 1. The van der Waals surface area contributed by atoms with Gasteiger partial charge in [-0.2, -0.15) is 0 Å². The van der Waals surface area contributed by atoms with Gasteiger partial charge in [0.25, 0.3) is 11.5 Å². The molecule has 0 spiro atoms. The Morgan fingerprint density at radius 1 is 1.17 bits per heavy atom. The zero-order valence-electron chi connectivity index (χ0n) is 15.4. The van der Waals surface area contributed by atoms with Gasteiger partial charge in [0.1, 0.15) is 5.76 Å². The van der Waals surface area contributed by atoms with Gasteiger partial charge in [-0.15, -0.1) is 16.3 Å². The van der Waals surface area contributed by atoms with Crippen molar-refractivity contribution in [3.05, 3.63) is 93.1 Å². The largest absolute Gasteiger partial charge is 0.375 e. The average Bonchev–Trinajstić information content (AvgIpc) is 3.08. The number of benzene rings is 2. The molecule has 8 heteroatoms. The van der Waals surface area contributed by atoms with Crippen LogP contribution in [0.4, 0.5) is 5.69 Å². The molecule has 0 saturated carbocycles. The van der Waals surface area contributed by atoms with E-state index in [0.717, 1.165) is 4.90 Å². The van der Waals surface area contributed by atoms with Crippen molar-refractivity contribution in [3.63, 3.8) is 0 Å². The summed E-state index contributed by atoms with van der Waals surface area (Å²) in [5, 5.41) is 3.24. The van der Waals surface area contributed by atoms with E-state index in [-0.39, 0.29) is 11.5 Å². The summed E-state index contributed by atoms with van der Waals surface area (Å²) in [6.45, 7) is 1.77. The molecule has 0 aliphatic carbocycles. The maximum absolute atomic E-state index is 12.3. The Labute approximate surface area is 175 Å². The van der Waals surface area contributed by atoms with Crippen molar-refractivity contribution in [2.45, 2.75) is 17.6 Å². The zero-order chi connectivity index (χ0) is 20.4. The number of nitrogens with zero attached hydrogens (tertiary/aromatic N) is 2. The van der Waals surface area contributed by atoms with E-state index in [4.69, 9.17) is 16.1 Å². The fourth-order valence-corrected chi connectivity index (χ4v) is 3.80. The lowest BCUT2D eigenvalue weighted by Crippen LogP contribution is -2.12. The number of hydrogen-bond donors (Lipinski definition) is 1. The number of amides is 1. The summed E-state index contributed by atoms with van der Waals surface area (Å²) >= 11 is 7.61. The number of aromatic nitrogens is 2. The van der Waals surface area contributed by atoms with Crippen LogP contribution in [0, 0.1) is 6.92 Å². The molecule has 0 saturated heterocycles. The topological polar surface area (TPSA) is 76.6 Å². The van der Waals surface area contributed by atoms with Gasteiger partial charge in [-0.1, -0.05) is 23.7 Å². The Bertz CT molecular complexity index is 1250. The second-order valence-electron chi connectivity index (χ2n) is 6.33. The van der Waals surface area contributed by atoms with Gasteiger partial charge >= 0.3 is 0 Å². The highest BCUT2D eigenvalue weighted by Crippen LogP contribution is 2.24. The van der Waals surface area contributed by atoms with Gasteiger partial charge < -0.3 is 9.84 Å². The molecule has 0 fully saturated rings. The Kier molecular flexibility index (Phi) is 5.42. The van der Waals surface area contributed by atoms with Gasteiger partial charge in [0.2, 0.25) is 0 Å². The first-order valence-corrected chi connectivity index (χ1v) is 10.1. The van der Waals surface area contributed by atoms with Crippen LogP contribution in [0.15, 0.2) is 74.9 Å².